The number of aliphatic imine (C=N–C) groups is 1. The molecule has 2 aromatic rings. The summed E-state index contributed by atoms with van der Waals surface area (Å²) < 4.78 is 0. The summed E-state index contributed by atoms with van der Waals surface area (Å²) >= 11 is 6.17. The van der Waals surface area contributed by atoms with E-state index in [0.717, 1.165) is 48.1 Å². The molecule has 0 radical (unpaired) electrons. The first-order valence-electron chi connectivity index (χ1n) is 10.7. The third-order valence-electron chi connectivity index (χ3n) is 6.41. The van der Waals surface area contributed by atoms with Crippen LogP contribution in [0.4, 0.5) is 0 Å². The van der Waals surface area contributed by atoms with E-state index in [1.165, 1.54) is 43.1 Å². The number of piperidine rings is 2. The lowest BCUT2D eigenvalue weighted by Crippen LogP contribution is -2.56. The molecule has 2 unspecified atom stereocenters. The van der Waals surface area contributed by atoms with E-state index in [-0.39, 0.29) is 24.0 Å². The molecule has 2 aliphatic rings. The van der Waals surface area contributed by atoms with Gasteiger partial charge in [-0.25, -0.2) is 0 Å². The number of benzene rings is 1. The molecule has 0 aliphatic carbocycles. The smallest absolute Gasteiger partial charge is 0.191 e. The maximum Gasteiger partial charge on any atom is 0.191 e. The summed E-state index contributed by atoms with van der Waals surface area (Å²) in [6.45, 7) is 3.77. The minimum atomic E-state index is 0. The molecule has 0 spiro atoms. The molecule has 29 heavy (non-hydrogen) atoms. The molecular formula is C22H33ClIN5. The zero-order valence-electron chi connectivity index (χ0n) is 17.4. The van der Waals surface area contributed by atoms with Gasteiger partial charge in [-0.1, -0.05) is 18.0 Å². The number of aromatic nitrogens is 1. The van der Waals surface area contributed by atoms with Crippen molar-refractivity contribution in [3.63, 3.8) is 0 Å². The van der Waals surface area contributed by atoms with Crippen LogP contribution in [0.3, 0.4) is 0 Å². The van der Waals surface area contributed by atoms with Crippen molar-refractivity contribution in [2.45, 2.75) is 63.6 Å². The number of halogens is 2. The minimum absolute atomic E-state index is 0. The summed E-state index contributed by atoms with van der Waals surface area (Å²) in [6, 6.07) is 7.97. The average Bonchev–Trinajstić information content (AvgIpc) is 3.05. The van der Waals surface area contributed by atoms with Gasteiger partial charge in [0.15, 0.2) is 5.96 Å². The van der Waals surface area contributed by atoms with Crippen molar-refractivity contribution in [3.05, 3.63) is 35.0 Å². The van der Waals surface area contributed by atoms with Gasteiger partial charge in [0.05, 0.1) is 0 Å². The Kier molecular flexibility index (Phi) is 8.10. The number of H-pyrrole nitrogens is 1. The molecule has 2 saturated heterocycles. The molecule has 2 fully saturated rings. The maximum atomic E-state index is 6.17. The van der Waals surface area contributed by atoms with Crippen LogP contribution < -0.4 is 10.6 Å². The highest BCUT2D eigenvalue weighted by Gasteiger charge is 2.36. The quantitative estimate of drug-likeness (QED) is 0.303. The van der Waals surface area contributed by atoms with Crippen LogP contribution >= 0.6 is 35.6 Å². The fraction of sp³-hybridized carbons (Fsp3) is 0.591. The second-order valence-corrected chi connectivity index (χ2v) is 8.67. The Morgan fingerprint density at radius 3 is 2.76 bits per heavy atom. The zero-order valence-corrected chi connectivity index (χ0v) is 20.5. The van der Waals surface area contributed by atoms with Gasteiger partial charge in [-0.05, 0) is 69.8 Å². The molecule has 160 valence electrons. The number of guanidine groups is 1. The Balaban J connectivity index is 0.00000240. The molecule has 2 bridgehead atoms. The van der Waals surface area contributed by atoms with Crippen molar-refractivity contribution in [2.24, 2.45) is 4.99 Å². The number of hydrogen-bond acceptors (Lipinski definition) is 2. The van der Waals surface area contributed by atoms with E-state index in [9.17, 15) is 0 Å². The summed E-state index contributed by atoms with van der Waals surface area (Å²) in [6.07, 6.45) is 9.47. The highest BCUT2D eigenvalue weighted by Crippen LogP contribution is 2.32. The van der Waals surface area contributed by atoms with E-state index in [1.54, 1.807) is 0 Å². The summed E-state index contributed by atoms with van der Waals surface area (Å²) in [7, 11) is 2.30. The lowest BCUT2D eigenvalue weighted by atomic mass is 9.82. The first-order valence-corrected chi connectivity index (χ1v) is 11.0. The Bertz CT molecular complexity index is 822. The maximum absolute atomic E-state index is 6.17. The molecule has 0 saturated carbocycles. The molecule has 2 aliphatic heterocycles. The van der Waals surface area contributed by atoms with Crippen LogP contribution in [0.2, 0.25) is 5.02 Å². The van der Waals surface area contributed by atoms with Crippen LogP contribution in [0.1, 0.15) is 44.6 Å². The summed E-state index contributed by atoms with van der Waals surface area (Å²) in [5.41, 5.74) is 2.40. The van der Waals surface area contributed by atoms with Gasteiger partial charge < -0.3 is 20.5 Å². The highest BCUT2D eigenvalue weighted by atomic mass is 127. The molecule has 5 nitrogen and oxygen atoms in total. The highest BCUT2D eigenvalue weighted by molar-refractivity contribution is 14.0. The van der Waals surface area contributed by atoms with Crippen LogP contribution in [0.15, 0.2) is 29.4 Å². The van der Waals surface area contributed by atoms with Gasteiger partial charge in [0.25, 0.3) is 0 Å². The van der Waals surface area contributed by atoms with Gasteiger partial charge in [0.2, 0.25) is 0 Å². The third kappa shape index (κ3) is 5.39. The lowest BCUT2D eigenvalue weighted by molar-refractivity contribution is 0.0526. The van der Waals surface area contributed by atoms with Gasteiger partial charge in [-0.2, -0.15) is 0 Å². The van der Waals surface area contributed by atoms with Crippen LogP contribution in [0.25, 0.3) is 10.9 Å². The number of hydrogen-bond donors (Lipinski definition) is 3. The van der Waals surface area contributed by atoms with Crippen molar-refractivity contribution in [1.82, 2.24) is 20.5 Å². The fourth-order valence-corrected chi connectivity index (χ4v) is 5.06. The van der Waals surface area contributed by atoms with E-state index in [1.807, 2.05) is 18.2 Å². The Labute approximate surface area is 196 Å². The number of aromatic amines is 1. The van der Waals surface area contributed by atoms with E-state index in [4.69, 9.17) is 16.6 Å². The molecule has 1 aromatic carbocycles. The largest absolute Gasteiger partial charge is 0.361 e. The second-order valence-electron chi connectivity index (χ2n) is 8.23. The molecule has 7 heteroatoms. The van der Waals surface area contributed by atoms with Crippen molar-refractivity contribution in [3.8, 4) is 0 Å². The first kappa shape index (κ1) is 22.7. The van der Waals surface area contributed by atoms with Gasteiger partial charge in [-0.15, -0.1) is 24.0 Å². The Hall–Kier alpha value is -0.990. The molecule has 3 N–H and O–H groups in total. The fourth-order valence-electron chi connectivity index (χ4n) is 4.89. The Morgan fingerprint density at radius 2 is 2.03 bits per heavy atom. The van der Waals surface area contributed by atoms with E-state index in [0.29, 0.717) is 6.04 Å². The number of fused-ring (bicyclic) bond motifs is 3. The van der Waals surface area contributed by atoms with Gasteiger partial charge in [0, 0.05) is 53.3 Å². The summed E-state index contributed by atoms with van der Waals surface area (Å²) in [5, 5.41) is 9.12. The Morgan fingerprint density at radius 1 is 1.28 bits per heavy atom. The summed E-state index contributed by atoms with van der Waals surface area (Å²) in [4.78, 5) is 10.8. The van der Waals surface area contributed by atoms with Crippen LogP contribution in [-0.2, 0) is 6.42 Å². The minimum Gasteiger partial charge on any atom is -0.361 e. The predicted molar refractivity (Wildman–Crippen MR) is 134 cm³/mol. The molecule has 3 heterocycles. The molecule has 2 atom stereocenters. The predicted octanol–water partition coefficient (Wildman–Crippen LogP) is 4.55. The molecule has 0 amide bonds. The van der Waals surface area contributed by atoms with Crippen molar-refractivity contribution in [1.29, 1.82) is 0 Å². The van der Waals surface area contributed by atoms with Gasteiger partial charge >= 0.3 is 0 Å². The monoisotopic (exact) mass is 529 g/mol. The van der Waals surface area contributed by atoms with Crippen molar-refractivity contribution >= 4 is 52.4 Å². The first-order chi connectivity index (χ1) is 13.6. The SMILES string of the molecule is CCNC(=NCCc1c[nH]c2ccc(Cl)cc12)NC1CC2CCCC(C1)N2C.I. The van der Waals surface area contributed by atoms with E-state index >= 15 is 0 Å². The van der Waals surface area contributed by atoms with Crippen LogP contribution in [0.5, 0.6) is 0 Å². The molecule has 4 rings (SSSR count). The van der Waals surface area contributed by atoms with E-state index < -0.39 is 0 Å². The number of nitrogens with zero attached hydrogens (tertiary/aromatic N) is 2. The third-order valence-corrected chi connectivity index (χ3v) is 6.64. The van der Waals surface area contributed by atoms with Crippen molar-refractivity contribution < 1.29 is 0 Å². The topological polar surface area (TPSA) is 55.5 Å². The summed E-state index contributed by atoms with van der Waals surface area (Å²) in [5.74, 6) is 0.952. The number of nitrogens with one attached hydrogen (secondary N) is 3. The van der Waals surface area contributed by atoms with Gasteiger partial charge in [-0.3, -0.25) is 4.99 Å². The van der Waals surface area contributed by atoms with Gasteiger partial charge in [0.1, 0.15) is 0 Å². The number of rotatable bonds is 5. The normalized spacial score (nSPS) is 24.9. The second kappa shape index (κ2) is 10.4. The van der Waals surface area contributed by atoms with Crippen LogP contribution in [-0.4, -0.2) is 54.1 Å². The molecule has 1 aromatic heterocycles. The standard InChI is InChI=1S/C22H32ClN5.HI/c1-3-24-22(27-17-12-18-5-4-6-19(13-17)28(18)2)25-10-9-15-14-26-21-8-7-16(23)11-20(15)21;/h7-8,11,14,17-19,26H,3-6,9-10,12-13H2,1-2H3,(H2,24,25,27);1H. The molecular weight excluding hydrogens is 497 g/mol. The zero-order chi connectivity index (χ0) is 19.5. The van der Waals surface area contributed by atoms with Crippen molar-refractivity contribution in [2.75, 3.05) is 20.1 Å². The van der Waals surface area contributed by atoms with Crippen LogP contribution in [0, 0.1) is 0 Å². The van der Waals surface area contributed by atoms with E-state index in [2.05, 4.69) is 40.7 Å². The average molecular weight is 530 g/mol. The lowest BCUT2D eigenvalue weighted by Gasteiger charge is -2.47.